The number of hydrogen-bond donors (Lipinski definition) is 2. The Morgan fingerprint density at radius 2 is 2.21 bits per heavy atom. The van der Waals surface area contributed by atoms with Crippen LogP contribution >= 0.6 is 11.3 Å². The van der Waals surface area contributed by atoms with Crippen LogP contribution in [0.15, 0.2) is 30.7 Å². The number of aryl methyl sites for hydroxylation is 1. The lowest BCUT2D eigenvalue weighted by molar-refractivity contribution is 0.0257. The summed E-state index contributed by atoms with van der Waals surface area (Å²) in [7, 11) is 1.74. The number of fused-ring (bicyclic) bond motifs is 1. The second-order valence-corrected chi connectivity index (χ2v) is 10.1. The third-order valence-electron chi connectivity index (χ3n) is 6.51. The summed E-state index contributed by atoms with van der Waals surface area (Å²) in [5.41, 5.74) is 9.39. The molecule has 0 saturated carbocycles. The zero-order chi connectivity index (χ0) is 23.3. The first-order valence-corrected chi connectivity index (χ1v) is 11.7. The van der Waals surface area contributed by atoms with E-state index < -0.39 is 5.91 Å². The molecule has 5 heterocycles. The predicted octanol–water partition coefficient (Wildman–Crippen LogP) is 3.36. The largest absolute Gasteiger partial charge is 0.377 e. The number of anilines is 1. The number of carbonyl (C=O) groups is 1. The maximum Gasteiger partial charge on any atom is 0.250 e. The molecule has 2 atom stereocenters. The van der Waals surface area contributed by atoms with Gasteiger partial charge >= 0.3 is 0 Å². The van der Waals surface area contributed by atoms with Gasteiger partial charge in [-0.2, -0.15) is 5.10 Å². The highest BCUT2D eigenvalue weighted by molar-refractivity contribution is 7.15. The average molecular weight is 466 g/mol. The number of pyridine rings is 1. The molecule has 10 heteroatoms. The average Bonchev–Trinajstić information content (AvgIpc) is 3.58. The zero-order valence-corrected chi connectivity index (χ0v) is 19.9. The van der Waals surface area contributed by atoms with E-state index in [0.29, 0.717) is 12.1 Å². The van der Waals surface area contributed by atoms with Crippen LogP contribution in [0.1, 0.15) is 52.9 Å². The van der Waals surface area contributed by atoms with Gasteiger partial charge in [0.05, 0.1) is 39.0 Å². The van der Waals surface area contributed by atoms with Crippen molar-refractivity contribution >= 4 is 28.6 Å². The van der Waals surface area contributed by atoms with Gasteiger partial charge in [0.25, 0.3) is 0 Å². The van der Waals surface area contributed by atoms with E-state index in [0.717, 1.165) is 46.4 Å². The van der Waals surface area contributed by atoms with Gasteiger partial charge in [0.15, 0.2) is 5.65 Å². The Hall–Kier alpha value is -3.24. The Kier molecular flexibility index (Phi) is 5.21. The van der Waals surface area contributed by atoms with Gasteiger partial charge in [0.1, 0.15) is 12.2 Å². The first-order chi connectivity index (χ1) is 15.8. The molecule has 0 radical (unpaired) electrons. The molecular weight excluding hydrogens is 438 g/mol. The highest BCUT2D eigenvalue weighted by Gasteiger charge is 2.36. The number of imidazole rings is 1. The lowest BCUT2D eigenvalue weighted by Gasteiger charge is -2.24. The third kappa shape index (κ3) is 3.68. The molecule has 0 bridgehead atoms. The van der Waals surface area contributed by atoms with Gasteiger partial charge in [0, 0.05) is 31.3 Å². The van der Waals surface area contributed by atoms with E-state index in [4.69, 9.17) is 15.5 Å². The minimum Gasteiger partial charge on any atom is -0.377 e. The van der Waals surface area contributed by atoms with Crippen molar-refractivity contribution in [3.8, 4) is 10.6 Å². The summed E-state index contributed by atoms with van der Waals surface area (Å²) in [5.74, 6) is 0.133. The molecule has 1 aliphatic heterocycles. The number of aromatic amines is 1. The number of methoxy groups -OCH3 is 1. The molecule has 1 fully saturated rings. The number of nitrogens with one attached hydrogen (secondary N) is 1. The summed E-state index contributed by atoms with van der Waals surface area (Å²) < 4.78 is 7.76. The zero-order valence-electron chi connectivity index (χ0n) is 19.1. The Morgan fingerprint density at radius 1 is 1.39 bits per heavy atom. The number of rotatable bonds is 6. The van der Waals surface area contributed by atoms with Crippen molar-refractivity contribution in [1.29, 1.82) is 0 Å². The highest BCUT2D eigenvalue weighted by Crippen LogP contribution is 2.40. The molecule has 33 heavy (non-hydrogen) atoms. The van der Waals surface area contributed by atoms with Crippen molar-refractivity contribution in [1.82, 2.24) is 24.6 Å². The number of H-pyrrole nitrogens is 1. The number of nitrogens with zero attached hydrogens (tertiary/aromatic N) is 5. The molecule has 0 spiro atoms. The highest BCUT2D eigenvalue weighted by atomic mass is 32.1. The first-order valence-electron chi connectivity index (χ1n) is 10.9. The number of ether oxygens (including phenoxy) is 1. The van der Waals surface area contributed by atoms with Crippen LogP contribution in [-0.4, -0.2) is 56.3 Å². The summed E-state index contributed by atoms with van der Waals surface area (Å²) in [5, 5.41) is 6.99. The van der Waals surface area contributed by atoms with E-state index >= 15 is 0 Å². The van der Waals surface area contributed by atoms with Crippen molar-refractivity contribution in [2.45, 2.75) is 38.7 Å². The summed E-state index contributed by atoms with van der Waals surface area (Å²) in [4.78, 5) is 26.3. The molecule has 0 aromatic carbocycles. The van der Waals surface area contributed by atoms with Crippen molar-refractivity contribution < 1.29 is 9.53 Å². The third-order valence-corrected chi connectivity index (χ3v) is 7.52. The molecule has 4 aromatic heterocycles. The molecule has 1 unspecified atom stereocenters. The van der Waals surface area contributed by atoms with Gasteiger partial charge in [0.2, 0.25) is 5.91 Å². The van der Waals surface area contributed by atoms with E-state index in [1.54, 1.807) is 24.6 Å². The van der Waals surface area contributed by atoms with Gasteiger partial charge in [-0.3, -0.25) is 14.3 Å². The topological polar surface area (TPSA) is 114 Å². The van der Waals surface area contributed by atoms with Crippen LogP contribution in [-0.2, 0) is 4.74 Å². The Balaban J connectivity index is 1.77. The first kappa shape index (κ1) is 21.6. The maximum atomic E-state index is 12.3. The minimum atomic E-state index is -0.473. The molecule has 5 rings (SSSR count). The normalized spacial score (nSPS) is 19.5. The van der Waals surface area contributed by atoms with Crippen LogP contribution in [0.4, 0.5) is 5.69 Å². The van der Waals surface area contributed by atoms with Gasteiger partial charge in [-0.1, -0.05) is 0 Å². The SMILES string of the molecule is COC1(C)CCN(c2cc(C(N)=O)cn3c(-c4ccc(C)s4)c([C@H](C)c4ncn[nH]4)nc23)C1. The number of hydrogen-bond acceptors (Lipinski definition) is 7. The molecule has 0 aliphatic carbocycles. The number of nitrogens with two attached hydrogens (primary N) is 1. The fraction of sp³-hybridized carbons (Fsp3) is 0.391. The van der Waals surface area contributed by atoms with Gasteiger partial charge < -0.3 is 15.4 Å². The number of thiophene rings is 1. The van der Waals surface area contributed by atoms with Crippen LogP contribution in [0.2, 0.25) is 0 Å². The van der Waals surface area contributed by atoms with E-state index in [1.807, 2.05) is 10.5 Å². The molecule has 172 valence electrons. The Labute approximate surface area is 195 Å². The number of amides is 1. The van der Waals surface area contributed by atoms with Crippen molar-refractivity contribution in [3.05, 3.63) is 52.7 Å². The van der Waals surface area contributed by atoms with Gasteiger partial charge in [-0.25, -0.2) is 9.97 Å². The Bertz CT molecular complexity index is 1330. The molecule has 1 aliphatic rings. The second-order valence-electron chi connectivity index (χ2n) is 8.85. The molecular formula is C23H27N7O2S. The number of primary amides is 1. The molecule has 1 amide bonds. The monoisotopic (exact) mass is 465 g/mol. The number of aromatic nitrogens is 5. The predicted molar refractivity (Wildman–Crippen MR) is 128 cm³/mol. The summed E-state index contributed by atoms with van der Waals surface area (Å²) in [6.07, 6.45) is 4.18. The van der Waals surface area contributed by atoms with Crippen molar-refractivity contribution in [2.75, 3.05) is 25.1 Å². The van der Waals surface area contributed by atoms with Crippen molar-refractivity contribution in [2.24, 2.45) is 5.73 Å². The lowest BCUT2D eigenvalue weighted by Crippen LogP contribution is -2.32. The van der Waals surface area contributed by atoms with Crippen LogP contribution in [0.5, 0.6) is 0 Å². The molecule has 1 saturated heterocycles. The second kappa shape index (κ2) is 7.96. The van der Waals surface area contributed by atoms with E-state index in [1.165, 1.54) is 11.2 Å². The smallest absolute Gasteiger partial charge is 0.250 e. The summed E-state index contributed by atoms with van der Waals surface area (Å²) >= 11 is 1.69. The molecule has 3 N–H and O–H groups in total. The van der Waals surface area contributed by atoms with E-state index in [9.17, 15) is 4.79 Å². The van der Waals surface area contributed by atoms with Gasteiger partial charge in [-0.05, 0) is 45.4 Å². The lowest BCUT2D eigenvalue weighted by atomic mass is 10.0. The standard InChI is InChI=1S/C23H27N7O2S/c1-13-5-6-17(33-13)19-18(14(2)21-25-12-26-28-21)27-22-16(9-15(20(24)31)10-30(19)22)29-8-7-23(3,11-29)32-4/h5-6,9-10,12,14H,7-8,11H2,1-4H3,(H2,24,31)(H,25,26,28)/t14-,23?/m0/s1. The fourth-order valence-corrected chi connectivity index (χ4v) is 5.40. The molecule has 4 aromatic rings. The van der Waals surface area contributed by atoms with Crippen molar-refractivity contribution in [3.63, 3.8) is 0 Å². The summed E-state index contributed by atoms with van der Waals surface area (Å²) in [6, 6.07) is 6.03. The fourth-order valence-electron chi connectivity index (χ4n) is 4.48. The van der Waals surface area contributed by atoms with Crippen LogP contribution in [0, 0.1) is 6.92 Å². The number of carbonyl (C=O) groups excluding carboxylic acids is 1. The van der Waals surface area contributed by atoms with Crippen LogP contribution in [0.25, 0.3) is 16.2 Å². The molecule has 9 nitrogen and oxygen atoms in total. The van der Waals surface area contributed by atoms with E-state index in [2.05, 4.69) is 53.0 Å². The van der Waals surface area contributed by atoms with Gasteiger partial charge in [-0.15, -0.1) is 11.3 Å². The minimum absolute atomic E-state index is 0.127. The maximum absolute atomic E-state index is 12.3. The van der Waals surface area contributed by atoms with Crippen LogP contribution < -0.4 is 10.6 Å². The summed E-state index contributed by atoms with van der Waals surface area (Å²) in [6.45, 7) is 7.74. The quantitative estimate of drug-likeness (QED) is 0.451. The Morgan fingerprint density at radius 3 is 2.82 bits per heavy atom. The van der Waals surface area contributed by atoms with Crippen LogP contribution in [0.3, 0.4) is 0 Å². The van der Waals surface area contributed by atoms with E-state index in [-0.39, 0.29) is 11.5 Å².